The molecule has 5 heteroatoms. The summed E-state index contributed by atoms with van der Waals surface area (Å²) in [4.78, 5) is 21.3. The summed E-state index contributed by atoms with van der Waals surface area (Å²) in [6, 6.07) is 11.3. The molecule has 0 spiro atoms. The SMILES string of the molecule is CCc1ccc(Oc2cccc(C=O)c2)c([N+](=O)[O-])c1. The largest absolute Gasteiger partial charge is 0.450 e. The summed E-state index contributed by atoms with van der Waals surface area (Å²) in [7, 11) is 0. The van der Waals surface area contributed by atoms with E-state index in [4.69, 9.17) is 4.74 Å². The molecule has 102 valence electrons. The number of carbonyl (C=O) groups excluding carboxylic acids is 1. The highest BCUT2D eigenvalue weighted by atomic mass is 16.6. The molecule has 0 radical (unpaired) electrons. The monoisotopic (exact) mass is 271 g/mol. The van der Waals surface area contributed by atoms with Gasteiger partial charge in [-0.3, -0.25) is 14.9 Å². The van der Waals surface area contributed by atoms with Gasteiger partial charge in [-0.15, -0.1) is 0 Å². The number of aldehydes is 1. The van der Waals surface area contributed by atoms with Gasteiger partial charge >= 0.3 is 5.69 Å². The zero-order valence-electron chi connectivity index (χ0n) is 10.9. The van der Waals surface area contributed by atoms with Crippen molar-refractivity contribution in [2.24, 2.45) is 0 Å². The molecule has 0 aliphatic rings. The van der Waals surface area contributed by atoms with Gasteiger partial charge in [-0.25, -0.2) is 0 Å². The van der Waals surface area contributed by atoms with E-state index >= 15 is 0 Å². The van der Waals surface area contributed by atoms with Crippen LogP contribution in [0, 0.1) is 10.1 Å². The van der Waals surface area contributed by atoms with Crippen LogP contribution in [0.5, 0.6) is 11.5 Å². The molecular formula is C15H13NO4. The lowest BCUT2D eigenvalue weighted by molar-refractivity contribution is -0.385. The molecule has 0 saturated heterocycles. The van der Waals surface area contributed by atoms with E-state index in [9.17, 15) is 14.9 Å². The first-order valence-corrected chi connectivity index (χ1v) is 6.14. The Morgan fingerprint density at radius 2 is 2.05 bits per heavy atom. The van der Waals surface area contributed by atoms with Crippen LogP contribution in [0.1, 0.15) is 22.8 Å². The van der Waals surface area contributed by atoms with Crippen molar-refractivity contribution in [3.8, 4) is 11.5 Å². The molecule has 0 aromatic heterocycles. The van der Waals surface area contributed by atoms with Crippen LogP contribution in [-0.2, 0) is 6.42 Å². The molecule has 0 heterocycles. The molecule has 0 fully saturated rings. The van der Waals surface area contributed by atoms with Crippen molar-refractivity contribution < 1.29 is 14.5 Å². The maximum absolute atomic E-state index is 11.1. The maximum atomic E-state index is 11.1. The highest BCUT2D eigenvalue weighted by molar-refractivity contribution is 5.75. The molecule has 2 rings (SSSR count). The number of hydrogen-bond donors (Lipinski definition) is 0. The Morgan fingerprint density at radius 3 is 2.70 bits per heavy atom. The first-order chi connectivity index (χ1) is 9.63. The third-order valence-electron chi connectivity index (χ3n) is 2.85. The van der Waals surface area contributed by atoms with E-state index in [0.29, 0.717) is 24.0 Å². The molecule has 2 aromatic rings. The van der Waals surface area contributed by atoms with Crippen molar-refractivity contribution in [2.45, 2.75) is 13.3 Å². The maximum Gasteiger partial charge on any atom is 0.311 e. The molecule has 0 aliphatic heterocycles. The van der Waals surface area contributed by atoms with E-state index in [1.165, 1.54) is 12.1 Å². The van der Waals surface area contributed by atoms with E-state index in [-0.39, 0.29) is 11.4 Å². The van der Waals surface area contributed by atoms with Gasteiger partial charge in [-0.05, 0) is 30.2 Å². The highest BCUT2D eigenvalue weighted by Gasteiger charge is 2.16. The first-order valence-electron chi connectivity index (χ1n) is 6.14. The van der Waals surface area contributed by atoms with Crippen LogP contribution < -0.4 is 4.74 Å². The number of ether oxygens (including phenoxy) is 1. The van der Waals surface area contributed by atoms with Crippen LogP contribution in [0.15, 0.2) is 42.5 Å². The normalized spacial score (nSPS) is 10.1. The fourth-order valence-corrected chi connectivity index (χ4v) is 1.79. The molecule has 0 aliphatic carbocycles. The average Bonchev–Trinajstić information content (AvgIpc) is 2.47. The lowest BCUT2D eigenvalue weighted by Crippen LogP contribution is -1.95. The Labute approximate surface area is 116 Å². The van der Waals surface area contributed by atoms with E-state index in [0.717, 1.165) is 5.56 Å². The fourth-order valence-electron chi connectivity index (χ4n) is 1.79. The van der Waals surface area contributed by atoms with Crippen LogP contribution >= 0.6 is 0 Å². The van der Waals surface area contributed by atoms with Crippen molar-refractivity contribution in [1.29, 1.82) is 0 Å². The van der Waals surface area contributed by atoms with Gasteiger partial charge in [0.15, 0.2) is 0 Å². The molecule has 0 bridgehead atoms. The number of benzene rings is 2. The number of nitro benzene ring substituents is 1. The number of carbonyl (C=O) groups is 1. The predicted molar refractivity (Wildman–Crippen MR) is 74.4 cm³/mol. The smallest absolute Gasteiger partial charge is 0.311 e. The topological polar surface area (TPSA) is 69.4 Å². The first kappa shape index (κ1) is 13.7. The highest BCUT2D eigenvalue weighted by Crippen LogP contribution is 2.32. The van der Waals surface area contributed by atoms with Crippen LogP contribution in [0.25, 0.3) is 0 Å². The number of hydrogen-bond acceptors (Lipinski definition) is 4. The lowest BCUT2D eigenvalue weighted by atomic mass is 10.1. The summed E-state index contributed by atoms with van der Waals surface area (Å²) < 4.78 is 5.51. The summed E-state index contributed by atoms with van der Waals surface area (Å²) in [5.74, 6) is 0.553. The summed E-state index contributed by atoms with van der Waals surface area (Å²) in [6.45, 7) is 1.92. The summed E-state index contributed by atoms with van der Waals surface area (Å²) in [6.07, 6.45) is 1.41. The lowest BCUT2D eigenvalue weighted by Gasteiger charge is -2.07. The second-order valence-electron chi connectivity index (χ2n) is 4.21. The number of aryl methyl sites for hydroxylation is 1. The summed E-state index contributed by atoms with van der Waals surface area (Å²) >= 11 is 0. The predicted octanol–water partition coefficient (Wildman–Crippen LogP) is 3.76. The molecule has 0 N–H and O–H groups in total. The molecule has 0 saturated carbocycles. The molecule has 2 aromatic carbocycles. The van der Waals surface area contributed by atoms with Gasteiger partial charge < -0.3 is 4.74 Å². The van der Waals surface area contributed by atoms with Gasteiger partial charge in [-0.2, -0.15) is 0 Å². The van der Waals surface area contributed by atoms with Crippen molar-refractivity contribution >= 4 is 12.0 Å². The molecule has 0 unspecified atom stereocenters. The zero-order valence-corrected chi connectivity index (χ0v) is 10.9. The average molecular weight is 271 g/mol. The summed E-state index contributed by atoms with van der Waals surface area (Å²) in [5.41, 5.74) is 1.24. The van der Waals surface area contributed by atoms with Crippen molar-refractivity contribution in [2.75, 3.05) is 0 Å². The summed E-state index contributed by atoms with van der Waals surface area (Å²) in [5, 5.41) is 11.1. The minimum absolute atomic E-state index is 0.0825. The quantitative estimate of drug-likeness (QED) is 0.471. The third-order valence-corrected chi connectivity index (χ3v) is 2.85. The Balaban J connectivity index is 2.37. The fraction of sp³-hybridized carbons (Fsp3) is 0.133. The Bertz CT molecular complexity index is 652. The standard InChI is InChI=1S/C15H13NO4/c1-2-11-6-7-15(14(9-11)16(18)19)20-13-5-3-4-12(8-13)10-17/h3-10H,2H2,1H3. The Kier molecular flexibility index (Phi) is 4.10. The number of rotatable bonds is 5. The van der Waals surface area contributed by atoms with Gasteiger partial charge in [0.25, 0.3) is 0 Å². The van der Waals surface area contributed by atoms with Crippen LogP contribution in [0.3, 0.4) is 0 Å². The number of nitrogens with zero attached hydrogens (tertiary/aromatic N) is 1. The van der Waals surface area contributed by atoms with Crippen LogP contribution in [-0.4, -0.2) is 11.2 Å². The van der Waals surface area contributed by atoms with Crippen molar-refractivity contribution in [1.82, 2.24) is 0 Å². The van der Waals surface area contributed by atoms with Gasteiger partial charge in [0.1, 0.15) is 12.0 Å². The Morgan fingerprint density at radius 1 is 1.25 bits per heavy atom. The van der Waals surface area contributed by atoms with Crippen LogP contribution in [0.4, 0.5) is 5.69 Å². The second kappa shape index (κ2) is 5.97. The minimum atomic E-state index is -0.474. The van der Waals surface area contributed by atoms with E-state index < -0.39 is 4.92 Å². The molecule has 0 atom stereocenters. The molecule has 5 nitrogen and oxygen atoms in total. The second-order valence-corrected chi connectivity index (χ2v) is 4.21. The van der Waals surface area contributed by atoms with Gasteiger partial charge in [0.05, 0.1) is 4.92 Å². The van der Waals surface area contributed by atoms with Gasteiger partial charge in [0, 0.05) is 11.6 Å². The number of nitro groups is 1. The molecular weight excluding hydrogens is 258 g/mol. The van der Waals surface area contributed by atoms with Crippen molar-refractivity contribution in [3.05, 3.63) is 63.7 Å². The van der Waals surface area contributed by atoms with Gasteiger partial charge in [0.2, 0.25) is 5.75 Å². The van der Waals surface area contributed by atoms with E-state index in [1.54, 1.807) is 30.3 Å². The van der Waals surface area contributed by atoms with E-state index in [2.05, 4.69) is 0 Å². The minimum Gasteiger partial charge on any atom is -0.450 e. The third kappa shape index (κ3) is 3.00. The Hall–Kier alpha value is -2.69. The molecule has 20 heavy (non-hydrogen) atoms. The van der Waals surface area contributed by atoms with Crippen molar-refractivity contribution in [3.63, 3.8) is 0 Å². The molecule has 0 amide bonds. The zero-order chi connectivity index (χ0) is 14.5. The van der Waals surface area contributed by atoms with Gasteiger partial charge in [-0.1, -0.05) is 25.1 Å². The van der Waals surface area contributed by atoms with Crippen LogP contribution in [0.2, 0.25) is 0 Å². The van der Waals surface area contributed by atoms with E-state index in [1.807, 2.05) is 6.92 Å².